The highest BCUT2D eigenvalue weighted by molar-refractivity contribution is 6.31. The Morgan fingerprint density at radius 2 is 1.90 bits per heavy atom. The maximum atomic E-state index is 6.66. The van der Waals surface area contributed by atoms with Gasteiger partial charge in [-0.25, -0.2) is 0 Å². The van der Waals surface area contributed by atoms with Gasteiger partial charge in [-0.15, -0.1) is 11.6 Å². The minimum atomic E-state index is -0.414. The fourth-order valence-corrected chi connectivity index (χ4v) is 3.30. The van der Waals surface area contributed by atoms with Crippen molar-refractivity contribution in [2.75, 3.05) is 13.7 Å². The number of halogens is 3. The van der Waals surface area contributed by atoms with E-state index in [1.54, 1.807) is 19.2 Å². The first kappa shape index (κ1) is 14.8. The van der Waals surface area contributed by atoms with Gasteiger partial charge in [-0.05, 0) is 29.8 Å². The smallest absolute Gasteiger partial charge is 0.127 e. The lowest BCUT2D eigenvalue weighted by Gasteiger charge is -2.17. The van der Waals surface area contributed by atoms with Crippen LogP contribution in [-0.4, -0.2) is 13.7 Å². The van der Waals surface area contributed by atoms with Crippen molar-refractivity contribution in [1.82, 2.24) is 0 Å². The van der Waals surface area contributed by atoms with Crippen LogP contribution < -0.4 is 9.47 Å². The van der Waals surface area contributed by atoms with Gasteiger partial charge in [0, 0.05) is 27.6 Å². The molecule has 0 bridgehead atoms. The average molecular weight is 344 g/mol. The summed E-state index contributed by atoms with van der Waals surface area (Å²) >= 11 is 18.9. The molecule has 0 fully saturated rings. The van der Waals surface area contributed by atoms with Crippen LogP contribution in [0.3, 0.4) is 0 Å². The van der Waals surface area contributed by atoms with Crippen LogP contribution in [0.15, 0.2) is 30.3 Å². The van der Waals surface area contributed by atoms with E-state index in [9.17, 15) is 0 Å². The van der Waals surface area contributed by atoms with Crippen molar-refractivity contribution in [2.24, 2.45) is 0 Å². The van der Waals surface area contributed by atoms with Crippen LogP contribution in [0, 0.1) is 0 Å². The van der Waals surface area contributed by atoms with Gasteiger partial charge in [-0.1, -0.05) is 29.3 Å². The molecule has 1 atom stereocenters. The fraction of sp³-hybridized carbons (Fsp3) is 0.250. The first-order valence-electron chi connectivity index (χ1n) is 6.52. The van der Waals surface area contributed by atoms with Crippen molar-refractivity contribution in [1.29, 1.82) is 0 Å². The van der Waals surface area contributed by atoms with E-state index in [0.29, 0.717) is 22.4 Å². The summed E-state index contributed by atoms with van der Waals surface area (Å²) in [7, 11) is 1.59. The van der Waals surface area contributed by atoms with Gasteiger partial charge in [0.2, 0.25) is 0 Å². The van der Waals surface area contributed by atoms with Gasteiger partial charge in [0.15, 0.2) is 0 Å². The van der Waals surface area contributed by atoms with Gasteiger partial charge in [-0.3, -0.25) is 0 Å². The molecule has 2 aromatic rings. The van der Waals surface area contributed by atoms with E-state index in [-0.39, 0.29) is 0 Å². The van der Waals surface area contributed by atoms with Crippen LogP contribution in [0.4, 0.5) is 0 Å². The molecule has 0 spiro atoms. The van der Waals surface area contributed by atoms with E-state index in [0.717, 1.165) is 28.9 Å². The van der Waals surface area contributed by atoms with Crippen LogP contribution >= 0.6 is 34.8 Å². The molecule has 0 saturated carbocycles. The quantitative estimate of drug-likeness (QED) is 0.707. The van der Waals surface area contributed by atoms with E-state index in [2.05, 4.69) is 0 Å². The summed E-state index contributed by atoms with van der Waals surface area (Å²) in [4.78, 5) is 0. The molecule has 2 nitrogen and oxygen atoms in total. The molecule has 0 amide bonds. The summed E-state index contributed by atoms with van der Waals surface area (Å²) in [5, 5.41) is 0.850. The third-order valence-electron chi connectivity index (χ3n) is 3.52. The SMILES string of the molecule is COc1cc(Cl)ccc1C(Cl)c1cc(Cl)cc2c1OCC2. The molecular formula is C16H13Cl3O2. The molecule has 1 aliphatic rings. The molecule has 2 aromatic carbocycles. The van der Waals surface area contributed by atoms with E-state index in [1.807, 2.05) is 18.2 Å². The predicted molar refractivity (Wildman–Crippen MR) is 86.4 cm³/mol. The normalized spacial score (nSPS) is 14.5. The highest BCUT2D eigenvalue weighted by atomic mass is 35.5. The Morgan fingerprint density at radius 1 is 1.10 bits per heavy atom. The number of ether oxygens (including phenoxy) is 2. The standard InChI is InChI=1S/C16H13Cl3O2/c1-20-14-8-10(17)2-3-12(14)15(19)13-7-11(18)6-9-4-5-21-16(9)13/h2-3,6-8,15H,4-5H2,1H3. The molecule has 1 unspecified atom stereocenters. The number of hydrogen-bond donors (Lipinski definition) is 0. The molecule has 0 radical (unpaired) electrons. The van der Waals surface area contributed by atoms with E-state index >= 15 is 0 Å². The van der Waals surface area contributed by atoms with Gasteiger partial charge < -0.3 is 9.47 Å². The Kier molecular flexibility index (Phi) is 4.21. The van der Waals surface area contributed by atoms with Crippen molar-refractivity contribution in [3.63, 3.8) is 0 Å². The Balaban J connectivity index is 2.09. The summed E-state index contributed by atoms with van der Waals surface area (Å²) in [6, 6.07) is 9.17. The molecule has 1 aliphatic heterocycles. The van der Waals surface area contributed by atoms with E-state index < -0.39 is 5.38 Å². The summed E-state index contributed by atoms with van der Waals surface area (Å²) in [5.41, 5.74) is 2.79. The highest BCUT2D eigenvalue weighted by Gasteiger charge is 2.25. The largest absolute Gasteiger partial charge is 0.496 e. The zero-order valence-corrected chi connectivity index (χ0v) is 13.6. The van der Waals surface area contributed by atoms with Gasteiger partial charge in [0.1, 0.15) is 11.5 Å². The average Bonchev–Trinajstić information content (AvgIpc) is 2.93. The second-order valence-electron chi connectivity index (χ2n) is 4.83. The third kappa shape index (κ3) is 2.80. The summed E-state index contributed by atoms with van der Waals surface area (Å²) < 4.78 is 11.1. The first-order chi connectivity index (χ1) is 10.1. The van der Waals surface area contributed by atoms with Gasteiger partial charge in [0.05, 0.1) is 19.1 Å². The van der Waals surface area contributed by atoms with Crippen LogP contribution in [0.5, 0.6) is 11.5 Å². The lowest BCUT2D eigenvalue weighted by atomic mass is 10.00. The number of fused-ring (bicyclic) bond motifs is 1. The minimum absolute atomic E-state index is 0.414. The van der Waals surface area contributed by atoms with Crippen molar-refractivity contribution in [3.05, 3.63) is 57.1 Å². The first-order valence-corrected chi connectivity index (χ1v) is 7.72. The van der Waals surface area contributed by atoms with Crippen molar-refractivity contribution < 1.29 is 9.47 Å². The lowest BCUT2D eigenvalue weighted by molar-refractivity contribution is 0.353. The predicted octanol–water partition coefficient (Wildman–Crippen LogP) is 5.27. The molecule has 5 heteroatoms. The molecule has 0 saturated heterocycles. The van der Waals surface area contributed by atoms with Crippen LogP contribution in [0.1, 0.15) is 22.1 Å². The molecule has 0 aliphatic carbocycles. The van der Waals surface area contributed by atoms with Crippen molar-refractivity contribution in [3.8, 4) is 11.5 Å². The monoisotopic (exact) mass is 342 g/mol. The Morgan fingerprint density at radius 3 is 2.67 bits per heavy atom. The molecule has 3 rings (SSSR count). The van der Waals surface area contributed by atoms with Crippen LogP contribution in [0.25, 0.3) is 0 Å². The Bertz CT molecular complexity index is 685. The van der Waals surface area contributed by atoms with Gasteiger partial charge >= 0.3 is 0 Å². The maximum Gasteiger partial charge on any atom is 0.127 e. The number of benzene rings is 2. The topological polar surface area (TPSA) is 18.5 Å². The Hall–Kier alpha value is -1.09. The van der Waals surface area contributed by atoms with E-state index in [4.69, 9.17) is 44.3 Å². The second kappa shape index (κ2) is 5.96. The summed E-state index contributed by atoms with van der Waals surface area (Å²) in [5.74, 6) is 1.48. The molecule has 0 N–H and O–H groups in total. The lowest BCUT2D eigenvalue weighted by Crippen LogP contribution is -2.00. The summed E-state index contributed by atoms with van der Waals surface area (Å²) in [6.45, 7) is 0.657. The minimum Gasteiger partial charge on any atom is -0.496 e. The summed E-state index contributed by atoms with van der Waals surface area (Å²) in [6.07, 6.45) is 0.851. The van der Waals surface area contributed by atoms with Gasteiger partial charge in [0.25, 0.3) is 0 Å². The van der Waals surface area contributed by atoms with Crippen molar-refractivity contribution >= 4 is 34.8 Å². The third-order valence-corrected chi connectivity index (χ3v) is 4.44. The maximum absolute atomic E-state index is 6.66. The number of hydrogen-bond acceptors (Lipinski definition) is 2. The zero-order valence-electron chi connectivity index (χ0n) is 11.3. The molecule has 0 aromatic heterocycles. The number of alkyl halides is 1. The number of rotatable bonds is 3. The second-order valence-corrected chi connectivity index (χ2v) is 6.14. The molecular weight excluding hydrogens is 331 g/mol. The molecule has 1 heterocycles. The van der Waals surface area contributed by atoms with Gasteiger partial charge in [-0.2, -0.15) is 0 Å². The Labute approximate surface area is 138 Å². The molecule has 21 heavy (non-hydrogen) atoms. The van der Waals surface area contributed by atoms with E-state index in [1.165, 1.54) is 0 Å². The highest BCUT2D eigenvalue weighted by Crippen LogP contribution is 2.44. The molecule has 110 valence electrons. The van der Waals surface area contributed by atoms with Crippen molar-refractivity contribution in [2.45, 2.75) is 11.8 Å². The fourth-order valence-electron chi connectivity index (χ4n) is 2.55. The van der Waals surface area contributed by atoms with Crippen LogP contribution in [-0.2, 0) is 6.42 Å². The number of methoxy groups -OCH3 is 1. The zero-order chi connectivity index (χ0) is 15.0. The van der Waals surface area contributed by atoms with Crippen LogP contribution in [0.2, 0.25) is 10.0 Å².